The molecule has 4 heteroatoms. The van der Waals surface area contributed by atoms with Gasteiger partial charge in [0.15, 0.2) is 0 Å². The van der Waals surface area contributed by atoms with E-state index in [0.29, 0.717) is 11.5 Å². The predicted molar refractivity (Wildman–Crippen MR) is 78.0 cm³/mol. The maximum Gasteiger partial charge on any atom is 0.141 e. The van der Waals surface area contributed by atoms with Gasteiger partial charge in [-0.2, -0.15) is 0 Å². The molecule has 0 radical (unpaired) electrons. The van der Waals surface area contributed by atoms with Crippen molar-refractivity contribution in [3.63, 3.8) is 0 Å². The highest BCUT2D eigenvalue weighted by atomic mass is 79.9. The molecule has 0 spiro atoms. The van der Waals surface area contributed by atoms with Gasteiger partial charge in [-0.1, -0.05) is 12.1 Å². The summed E-state index contributed by atoms with van der Waals surface area (Å²) >= 11 is 3.44. The summed E-state index contributed by atoms with van der Waals surface area (Å²) in [7, 11) is 0. The third-order valence-corrected chi connectivity index (χ3v) is 3.47. The van der Waals surface area contributed by atoms with Gasteiger partial charge < -0.3 is 10.5 Å². The SMILES string of the molecule is Cc1ccc(F)cc1Oc1ccc([C@H](C)N)cc1Br. The molecule has 0 aliphatic rings. The highest BCUT2D eigenvalue weighted by Crippen LogP contribution is 2.33. The highest BCUT2D eigenvalue weighted by molar-refractivity contribution is 9.10. The zero-order valence-electron chi connectivity index (χ0n) is 10.8. The summed E-state index contributed by atoms with van der Waals surface area (Å²) in [5.74, 6) is 0.830. The third-order valence-electron chi connectivity index (χ3n) is 2.85. The number of benzene rings is 2. The van der Waals surface area contributed by atoms with Gasteiger partial charge in [0.1, 0.15) is 17.3 Å². The summed E-state index contributed by atoms with van der Waals surface area (Å²) in [6.07, 6.45) is 0. The van der Waals surface area contributed by atoms with Crippen molar-refractivity contribution in [3.8, 4) is 11.5 Å². The van der Waals surface area contributed by atoms with Crippen LogP contribution in [0.25, 0.3) is 0 Å². The molecule has 0 saturated heterocycles. The smallest absolute Gasteiger partial charge is 0.141 e. The molecule has 2 aromatic carbocycles. The Morgan fingerprint density at radius 1 is 1.16 bits per heavy atom. The maximum absolute atomic E-state index is 13.2. The lowest BCUT2D eigenvalue weighted by molar-refractivity contribution is 0.469. The second-order valence-electron chi connectivity index (χ2n) is 4.49. The third kappa shape index (κ3) is 3.33. The van der Waals surface area contributed by atoms with Crippen LogP contribution < -0.4 is 10.5 Å². The van der Waals surface area contributed by atoms with E-state index in [1.165, 1.54) is 12.1 Å². The molecule has 0 aliphatic carbocycles. The Labute approximate surface area is 120 Å². The minimum atomic E-state index is -0.316. The number of nitrogens with two attached hydrogens (primary N) is 1. The van der Waals surface area contributed by atoms with Crippen molar-refractivity contribution in [1.82, 2.24) is 0 Å². The van der Waals surface area contributed by atoms with E-state index in [9.17, 15) is 4.39 Å². The van der Waals surface area contributed by atoms with Gasteiger partial charge in [0.05, 0.1) is 4.47 Å². The van der Waals surface area contributed by atoms with E-state index in [2.05, 4.69) is 15.9 Å². The minimum absolute atomic E-state index is 0.0405. The molecule has 2 nitrogen and oxygen atoms in total. The Bertz CT molecular complexity index is 599. The van der Waals surface area contributed by atoms with Crippen LogP contribution in [0.3, 0.4) is 0 Å². The predicted octanol–water partition coefficient (Wildman–Crippen LogP) is 4.71. The number of rotatable bonds is 3. The second-order valence-corrected chi connectivity index (χ2v) is 5.34. The van der Waals surface area contributed by atoms with Crippen LogP contribution in [-0.2, 0) is 0 Å². The van der Waals surface area contributed by atoms with E-state index in [1.54, 1.807) is 6.07 Å². The minimum Gasteiger partial charge on any atom is -0.456 e. The van der Waals surface area contributed by atoms with Gasteiger partial charge >= 0.3 is 0 Å². The molecule has 0 bridgehead atoms. The number of aryl methyl sites for hydroxylation is 1. The molecule has 2 N–H and O–H groups in total. The van der Waals surface area contributed by atoms with E-state index in [-0.39, 0.29) is 11.9 Å². The Balaban J connectivity index is 2.31. The lowest BCUT2D eigenvalue weighted by Gasteiger charge is -2.12. The zero-order chi connectivity index (χ0) is 14.0. The lowest BCUT2D eigenvalue weighted by atomic mass is 10.1. The van der Waals surface area contributed by atoms with E-state index < -0.39 is 0 Å². The van der Waals surface area contributed by atoms with Crippen LogP contribution >= 0.6 is 15.9 Å². The summed E-state index contributed by atoms with van der Waals surface area (Å²) in [6, 6.07) is 10.1. The summed E-state index contributed by atoms with van der Waals surface area (Å²) in [6.45, 7) is 3.79. The van der Waals surface area contributed by atoms with Gasteiger partial charge in [0.2, 0.25) is 0 Å². The Hall–Kier alpha value is -1.39. The molecule has 1 atom stereocenters. The Morgan fingerprint density at radius 2 is 1.89 bits per heavy atom. The standard InChI is InChI=1S/C15H15BrFNO/c1-9-3-5-12(17)8-15(9)19-14-6-4-11(10(2)18)7-13(14)16/h3-8,10H,18H2,1-2H3/t10-/m0/s1. The normalized spacial score (nSPS) is 12.3. The molecule has 2 aromatic rings. The van der Waals surface area contributed by atoms with Crippen LogP contribution in [0.15, 0.2) is 40.9 Å². The molecule has 0 saturated carbocycles. The first kappa shape index (κ1) is 14.0. The molecule has 0 aromatic heterocycles. The first-order valence-corrected chi connectivity index (χ1v) is 6.75. The summed E-state index contributed by atoms with van der Waals surface area (Å²) in [5.41, 5.74) is 7.71. The molecule has 0 aliphatic heterocycles. The van der Waals surface area contributed by atoms with Gasteiger partial charge in [0, 0.05) is 12.1 Å². The van der Waals surface area contributed by atoms with Crippen molar-refractivity contribution >= 4 is 15.9 Å². The zero-order valence-corrected chi connectivity index (χ0v) is 12.4. The molecular formula is C15H15BrFNO. The van der Waals surface area contributed by atoms with Crippen LogP contribution in [0.5, 0.6) is 11.5 Å². The fourth-order valence-corrected chi connectivity index (χ4v) is 2.16. The van der Waals surface area contributed by atoms with Crippen molar-refractivity contribution in [3.05, 3.63) is 57.8 Å². The van der Waals surface area contributed by atoms with Crippen molar-refractivity contribution < 1.29 is 9.13 Å². The first-order valence-electron chi connectivity index (χ1n) is 5.96. The molecule has 0 fully saturated rings. The molecule has 100 valence electrons. The number of ether oxygens (including phenoxy) is 1. The average Bonchev–Trinajstić information content (AvgIpc) is 2.36. The molecule has 0 unspecified atom stereocenters. The van der Waals surface area contributed by atoms with Crippen molar-refractivity contribution in [2.24, 2.45) is 5.73 Å². The van der Waals surface area contributed by atoms with Crippen molar-refractivity contribution in [1.29, 1.82) is 0 Å². The lowest BCUT2D eigenvalue weighted by Crippen LogP contribution is -2.04. The van der Waals surface area contributed by atoms with Crippen LogP contribution in [0.4, 0.5) is 4.39 Å². The molecule has 19 heavy (non-hydrogen) atoms. The topological polar surface area (TPSA) is 35.2 Å². The van der Waals surface area contributed by atoms with Gasteiger partial charge in [-0.3, -0.25) is 0 Å². The molecule has 0 amide bonds. The van der Waals surface area contributed by atoms with E-state index in [4.69, 9.17) is 10.5 Å². The van der Waals surface area contributed by atoms with Gasteiger partial charge in [-0.15, -0.1) is 0 Å². The van der Waals surface area contributed by atoms with Crippen LogP contribution in [0.1, 0.15) is 24.1 Å². The maximum atomic E-state index is 13.2. The number of halogens is 2. The van der Waals surface area contributed by atoms with Crippen LogP contribution in [0, 0.1) is 12.7 Å². The fourth-order valence-electron chi connectivity index (χ4n) is 1.69. The Kier molecular flexibility index (Phi) is 4.22. The monoisotopic (exact) mass is 323 g/mol. The van der Waals surface area contributed by atoms with Crippen molar-refractivity contribution in [2.45, 2.75) is 19.9 Å². The molecule has 0 heterocycles. The van der Waals surface area contributed by atoms with E-state index >= 15 is 0 Å². The Morgan fingerprint density at radius 3 is 2.53 bits per heavy atom. The van der Waals surface area contributed by atoms with Gasteiger partial charge in [-0.25, -0.2) is 4.39 Å². The highest BCUT2D eigenvalue weighted by Gasteiger charge is 2.08. The van der Waals surface area contributed by atoms with Crippen LogP contribution in [-0.4, -0.2) is 0 Å². The van der Waals surface area contributed by atoms with Crippen LogP contribution in [0.2, 0.25) is 0 Å². The summed E-state index contributed by atoms with van der Waals surface area (Å²) < 4.78 is 19.7. The summed E-state index contributed by atoms with van der Waals surface area (Å²) in [4.78, 5) is 0. The van der Waals surface area contributed by atoms with Gasteiger partial charge in [0.25, 0.3) is 0 Å². The first-order chi connectivity index (χ1) is 8.97. The largest absolute Gasteiger partial charge is 0.456 e. The second kappa shape index (κ2) is 5.72. The summed E-state index contributed by atoms with van der Waals surface area (Å²) in [5, 5.41) is 0. The average molecular weight is 324 g/mol. The fraction of sp³-hybridized carbons (Fsp3) is 0.200. The van der Waals surface area contributed by atoms with E-state index in [0.717, 1.165) is 15.6 Å². The number of hydrogen-bond donors (Lipinski definition) is 1. The van der Waals surface area contributed by atoms with E-state index in [1.807, 2.05) is 32.0 Å². The number of hydrogen-bond acceptors (Lipinski definition) is 2. The molecular weight excluding hydrogens is 309 g/mol. The van der Waals surface area contributed by atoms with Crippen molar-refractivity contribution in [2.75, 3.05) is 0 Å². The van der Waals surface area contributed by atoms with Gasteiger partial charge in [-0.05, 0) is 59.1 Å². The quantitative estimate of drug-likeness (QED) is 0.887. The molecule has 2 rings (SSSR count).